The minimum absolute atomic E-state index is 0.117. The molecule has 3 rings (SSSR count). The lowest BCUT2D eigenvalue weighted by Crippen LogP contribution is -2.31. The Balaban J connectivity index is 1.52. The summed E-state index contributed by atoms with van der Waals surface area (Å²) in [5.74, 6) is -0.261. The van der Waals surface area contributed by atoms with E-state index in [0.717, 1.165) is 33.8 Å². The maximum Gasteiger partial charge on any atom is 0.224 e. The second-order valence-electron chi connectivity index (χ2n) is 7.40. The van der Waals surface area contributed by atoms with Crippen molar-refractivity contribution in [2.45, 2.75) is 40.2 Å². The molecule has 31 heavy (non-hydrogen) atoms. The minimum Gasteiger partial charge on any atom is -0.355 e. The number of carbonyl (C=O) groups is 2. The van der Waals surface area contributed by atoms with Crippen LogP contribution >= 0.6 is 11.6 Å². The summed E-state index contributed by atoms with van der Waals surface area (Å²) in [5, 5.41) is 10.9. The molecule has 2 amide bonds. The van der Waals surface area contributed by atoms with Crippen LogP contribution in [0.2, 0.25) is 5.02 Å². The number of nitrogens with one attached hydrogen (secondary N) is 2. The molecule has 0 atom stereocenters. The lowest BCUT2D eigenvalue weighted by molar-refractivity contribution is -0.122. The zero-order valence-electron chi connectivity index (χ0n) is 17.9. The van der Waals surface area contributed by atoms with Crippen molar-refractivity contribution in [1.29, 1.82) is 0 Å². The number of carbonyl (C=O) groups excluding carboxylic acids is 2. The Bertz CT molecular complexity index is 1080. The molecule has 0 aliphatic carbocycles. The zero-order valence-corrected chi connectivity index (χ0v) is 18.7. The molecular formula is C23H26ClN5O2. The van der Waals surface area contributed by atoms with Gasteiger partial charge in [0.05, 0.1) is 17.8 Å². The van der Waals surface area contributed by atoms with Crippen molar-refractivity contribution in [2.24, 2.45) is 0 Å². The molecule has 7 nitrogen and oxygen atoms in total. The summed E-state index contributed by atoms with van der Waals surface area (Å²) in [7, 11) is 0. The van der Waals surface area contributed by atoms with E-state index < -0.39 is 0 Å². The van der Waals surface area contributed by atoms with Gasteiger partial charge in [-0.15, -0.1) is 0 Å². The molecule has 8 heteroatoms. The topological polar surface area (TPSA) is 88.9 Å². The standard InChI is InChI=1S/C23H26ClN5O2/c1-15-4-5-19(12-21(15)24)29-17(3)20(16(2)28-29)13-23(31)26-11-8-22(30)27-14-18-6-9-25-10-7-18/h4-7,9-10,12H,8,11,13-14H2,1-3H3,(H,26,31)(H,27,30). The number of nitrogens with zero attached hydrogens (tertiary/aromatic N) is 3. The van der Waals surface area contributed by atoms with Gasteiger partial charge in [0, 0.05) is 48.2 Å². The number of amides is 2. The highest BCUT2D eigenvalue weighted by Crippen LogP contribution is 2.23. The molecule has 1 aromatic carbocycles. The molecule has 0 unspecified atom stereocenters. The Morgan fingerprint density at radius 2 is 1.77 bits per heavy atom. The molecule has 0 aliphatic heterocycles. The van der Waals surface area contributed by atoms with Crippen LogP contribution in [-0.4, -0.2) is 33.1 Å². The SMILES string of the molecule is Cc1ccc(-n2nc(C)c(CC(=O)NCCC(=O)NCc3ccncc3)c2C)cc1Cl. The first-order chi connectivity index (χ1) is 14.8. The van der Waals surface area contributed by atoms with Gasteiger partial charge in [0.2, 0.25) is 11.8 Å². The molecule has 0 saturated heterocycles. The Labute approximate surface area is 186 Å². The molecule has 2 N–H and O–H groups in total. The van der Waals surface area contributed by atoms with E-state index in [9.17, 15) is 9.59 Å². The van der Waals surface area contributed by atoms with E-state index in [-0.39, 0.29) is 31.2 Å². The van der Waals surface area contributed by atoms with Crippen LogP contribution in [0.15, 0.2) is 42.7 Å². The van der Waals surface area contributed by atoms with E-state index in [2.05, 4.69) is 20.7 Å². The number of aromatic nitrogens is 3. The Hall–Kier alpha value is -3.19. The van der Waals surface area contributed by atoms with Gasteiger partial charge in [-0.2, -0.15) is 5.10 Å². The summed E-state index contributed by atoms with van der Waals surface area (Å²) in [4.78, 5) is 28.3. The third-order valence-corrected chi connectivity index (χ3v) is 5.50. The molecule has 0 bridgehead atoms. The van der Waals surface area contributed by atoms with Crippen LogP contribution in [-0.2, 0) is 22.6 Å². The molecule has 162 valence electrons. The average Bonchev–Trinajstić information content (AvgIpc) is 3.03. The van der Waals surface area contributed by atoms with E-state index in [0.29, 0.717) is 11.6 Å². The van der Waals surface area contributed by atoms with Crippen molar-refractivity contribution in [3.8, 4) is 5.69 Å². The molecule has 0 spiro atoms. The zero-order chi connectivity index (χ0) is 22.4. The van der Waals surface area contributed by atoms with Crippen molar-refractivity contribution >= 4 is 23.4 Å². The summed E-state index contributed by atoms with van der Waals surface area (Å²) in [5.41, 5.74) is 5.38. The fourth-order valence-electron chi connectivity index (χ4n) is 3.22. The summed E-state index contributed by atoms with van der Waals surface area (Å²) < 4.78 is 1.80. The second kappa shape index (κ2) is 10.2. The van der Waals surface area contributed by atoms with Crippen LogP contribution in [0.25, 0.3) is 5.69 Å². The third kappa shape index (κ3) is 5.92. The third-order valence-electron chi connectivity index (χ3n) is 5.09. The maximum atomic E-state index is 12.4. The highest BCUT2D eigenvalue weighted by Gasteiger charge is 2.16. The van der Waals surface area contributed by atoms with Crippen molar-refractivity contribution in [3.63, 3.8) is 0 Å². The first-order valence-corrected chi connectivity index (χ1v) is 10.5. The number of hydrogen-bond donors (Lipinski definition) is 2. The molecule has 0 saturated carbocycles. The summed E-state index contributed by atoms with van der Waals surface area (Å²) in [6.07, 6.45) is 3.79. The van der Waals surface area contributed by atoms with Crippen molar-refractivity contribution in [1.82, 2.24) is 25.4 Å². The van der Waals surface area contributed by atoms with E-state index in [4.69, 9.17) is 11.6 Å². The van der Waals surface area contributed by atoms with Crippen molar-refractivity contribution in [3.05, 3.63) is 75.8 Å². The highest BCUT2D eigenvalue weighted by atomic mass is 35.5. The molecule has 0 aliphatic rings. The number of benzene rings is 1. The van der Waals surface area contributed by atoms with Crippen LogP contribution < -0.4 is 10.6 Å². The smallest absolute Gasteiger partial charge is 0.224 e. The van der Waals surface area contributed by atoms with E-state index in [1.54, 1.807) is 17.1 Å². The van der Waals surface area contributed by atoms with Gasteiger partial charge >= 0.3 is 0 Å². The fraction of sp³-hybridized carbons (Fsp3) is 0.304. The quantitative estimate of drug-likeness (QED) is 0.564. The molecule has 0 radical (unpaired) electrons. The van der Waals surface area contributed by atoms with E-state index in [1.807, 2.05) is 51.1 Å². The highest BCUT2D eigenvalue weighted by molar-refractivity contribution is 6.31. The number of halogens is 1. The number of hydrogen-bond acceptors (Lipinski definition) is 4. The lowest BCUT2D eigenvalue weighted by Gasteiger charge is -2.08. The van der Waals surface area contributed by atoms with E-state index >= 15 is 0 Å². The number of rotatable bonds is 8. The minimum atomic E-state index is -0.144. The van der Waals surface area contributed by atoms with Crippen LogP contribution in [0.5, 0.6) is 0 Å². The number of aryl methyl sites for hydroxylation is 2. The monoisotopic (exact) mass is 439 g/mol. The predicted octanol–water partition coefficient (Wildman–Crippen LogP) is 3.21. The Kier molecular flexibility index (Phi) is 7.41. The van der Waals surface area contributed by atoms with Crippen molar-refractivity contribution in [2.75, 3.05) is 6.54 Å². The Morgan fingerprint density at radius 3 is 2.48 bits per heavy atom. The van der Waals surface area contributed by atoms with Crippen LogP contribution in [0, 0.1) is 20.8 Å². The van der Waals surface area contributed by atoms with E-state index in [1.165, 1.54) is 0 Å². The van der Waals surface area contributed by atoms with Gasteiger partial charge in [-0.25, -0.2) is 4.68 Å². The normalized spacial score (nSPS) is 10.7. The molecule has 0 fully saturated rings. The van der Waals surface area contributed by atoms with Crippen LogP contribution in [0.3, 0.4) is 0 Å². The van der Waals surface area contributed by atoms with Gasteiger partial charge in [0.25, 0.3) is 0 Å². The molecule has 2 aromatic heterocycles. The molecule has 2 heterocycles. The second-order valence-corrected chi connectivity index (χ2v) is 7.81. The van der Waals surface area contributed by atoms with Gasteiger partial charge in [-0.05, 0) is 56.2 Å². The predicted molar refractivity (Wildman–Crippen MR) is 120 cm³/mol. The molecule has 3 aromatic rings. The van der Waals surface area contributed by atoms with Gasteiger partial charge in [0.15, 0.2) is 0 Å². The van der Waals surface area contributed by atoms with Gasteiger partial charge in [0.1, 0.15) is 0 Å². The lowest BCUT2D eigenvalue weighted by atomic mass is 10.1. The van der Waals surface area contributed by atoms with Crippen molar-refractivity contribution < 1.29 is 9.59 Å². The average molecular weight is 440 g/mol. The van der Waals surface area contributed by atoms with Crippen LogP contribution in [0.4, 0.5) is 0 Å². The Morgan fingerprint density at radius 1 is 1.03 bits per heavy atom. The fourth-order valence-corrected chi connectivity index (χ4v) is 3.40. The largest absolute Gasteiger partial charge is 0.355 e. The number of pyridine rings is 1. The summed E-state index contributed by atoms with van der Waals surface area (Å²) >= 11 is 6.25. The molecular weight excluding hydrogens is 414 g/mol. The van der Waals surface area contributed by atoms with Gasteiger partial charge in [-0.3, -0.25) is 14.6 Å². The van der Waals surface area contributed by atoms with Crippen LogP contribution in [0.1, 0.15) is 34.5 Å². The van der Waals surface area contributed by atoms with Gasteiger partial charge < -0.3 is 10.6 Å². The van der Waals surface area contributed by atoms with Gasteiger partial charge in [-0.1, -0.05) is 17.7 Å². The summed E-state index contributed by atoms with van der Waals surface area (Å²) in [6.45, 7) is 6.48. The first-order valence-electron chi connectivity index (χ1n) is 10.1. The maximum absolute atomic E-state index is 12.4. The first kappa shape index (κ1) is 22.5. The summed E-state index contributed by atoms with van der Waals surface area (Å²) in [6, 6.07) is 9.45.